The van der Waals surface area contributed by atoms with E-state index in [0.717, 1.165) is 5.56 Å². The van der Waals surface area contributed by atoms with E-state index < -0.39 is 10.9 Å². The van der Waals surface area contributed by atoms with Crippen LogP contribution >= 0.6 is 0 Å². The lowest BCUT2D eigenvalue weighted by Gasteiger charge is -2.12. The Morgan fingerprint density at radius 3 is 2.44 bits per heavy atom. The Morgan fingerprint density at radius 1 is 1.15 bits per heavy atom. The van der Waals surface area contributed by atoms with Crippen LogP contribution in [0.15, 0.2) is 60.7 Å². The molecule has 27 heavy (non-hydrogen) atoms. The molecule has 1 N–H and O–H groups in total. The molecule has 140 valence electrons. The van der Waals surface area contributed by atoms with Gasteiger partial charge in [-0.2, -0.15) is 0 Å². The van der Waals surface area contributed by atoms with Crippen molar-refractivity contribution < 1.29 is 19.2 Å². The van der Waals surface area contributed by atoms with Crippen molar-refractivity contribution in [2.24, 2.45) is 0 Å². The van der Waals surface area contributed by atoms with E-state index in [-0.39, 0.29) is 24.1 Å². The molecule has 0 aliphatic heterocycles. The van der Waals surface area contributed by atoms with Crippen molar-refractivity contribution in [1.82, 2.24) is 5.32 Å². The van der Waals surface area contributed by atoms with Gasteiger partial charge in [-0.15, -0.1) is 0 Å². The Kier molecular flexibility index (Phi) is 7.25. The Balaban J connectivity index is 1.72. The average molecular weight is 368 g/mol. The number of carbonyl (C=O) groups is 2. The zero-order valence-corrected chi connectivity index (χ0v) is 14.8. The zero-order valence-electron chi connectivity index (χ0n) is 14.8. The van der Waals surface area contributed by atoms with Crippen LogP contribution in [0.5, 0.6) is 0 Å². The summed E-state index contributed by atoms with van der Waals surface area (Å²) in [6.45, 7) is 2.07. The first kappa shape index (κ1) is 19.8. The minimum absolute atomic E-state index is 0.0314. The number of nitrogens with one attached hydrogen (secondary N) is 1. The van der Waals surface area contributed by atoms with Gasteiger partial charge in [-0.1, -0.05) is 37.3 Å². The maximum absolute atomic E-state index is 11.8. The molecule has 0 heterocycles. The van der Waals surface area contributed by atoms with Gasteiger partial charge in [-0.3, -0.25) is 14.9 Å². The van der Waals surface area contributed by atoms with Crippen molar-refractivity contribution in [2.75, 3.05) is 13.2 Å². The number of ether oxygens (including phenoxy) is 1. The fourth-order valence-corrected chi connectivity index (χ4v) is 2.27. The van der Waals surface area contributed by atoms with Gasteiger partial charge in [-0.05, 0) is 35.3 Å². The van der Waals surface area contributed by atoms with Crippen LogP contribution in [0.3, 0.4) is 0 Å². The van der Waals surface area contributed by atoms with Gasteiger partial charge in [0.1, 0.15) is 0 Å². The van der Waals surface area contributed by atoms with Gasteiger partial charge in [0.15, 0.2) is 6.61 Å². The van der Waals surface area contributed by atoms with E-state index in [2.05, 4.69) is 5.32 Å². The minimum Gasteiger partial charge on any atom is -0.452 e. The molecular formula is C20H20N2O5. The fourth-order valence-electron chi connectivity index (χ4n) is 2.27. The highest BCUT2D eigenvalue weighted by Gasteiger charge is 2.09. The molecule has 2 aromatic carbocycles. The quantitative estimate of drug-likeness (QED) is 0.334. The maximum Gasteiger partial charge on any atom is 0.331 e. The van der Waals surface area contributed by atoms with Crippen molar-refractivity contribution in [3.63, 3.8) is 0 Å². The standard InChI is InChI=1S/C20H20N2O5/c1-15(17-5-3-2-4-6-17)13-21-19(23)14-27-20(24)12-9-16-7-10-18(11-8-16)22(25)26/h2-12,15H,13-14H2,1H3,(H,21,23)/b12-9+/t15-/m0/s1. The number of amides is 1. The van der Waals surface area contributed by atoms with Crippen molar-refractivity contribution in [1.29, 1.82) is 0 Å². The molecule has 7 heteroatoms. The number of benzene rings is 2. The summed E-state index contributed by atoms with van der Waals surface area (Å²) in [5, 5.41) is 13.3. The molecule has 7 nitrogen and oxygen atoms in total. The first-order chi connectivity index (χ1) is 13.0. The molecule has 0 radical (unpaired) electrons. The molecule has 0 saturated heterocycles. The lowest BCUT2D eigenvalue weighted by molar-refractivity contribution is -0.384. The number of esters is 1. The van der Waals surface area contributed by atoms with Crippen molar-refractivity contribution in [2.45, 2.75) is 12.8 Å². The first-order valence-corrected chi connectivity index (χ1v) is 8.36. The summed E-state index contributed by atoms with van der Waals surface area (Å²) in [5.41, 5.74) is 1.69. The summed E-state index contributed by atoms with van der Waals surface area (Å²) < 4.78 is 4.88. The summed E-state index contributed by atoms with van der Waals surface area (Å²) in [7, 11) is 0. The summed E-state index contributed by atoms with van der Waals surface area (Å²) in [4.78, 5) is 33.5. The second-order valence-electron chi connectivity index (χ2n) is 5.91. The molecule has 0 saturated carbocycles. The molecule has 0 bridgehead atoms. The third-order valence-corrected chi connectivity index (χ3v) is 3.84. The highest BCUT2D eigenvalue weighted by molar-refractivity contribution is 5.89. The predicted octanol–water partition coefficient (Wildman–Crippen LogP) is 3.07. The molecule has 0 aliphatic rings. The third-order valence-electron chi connectivity index (χ3n) is 3.84. The summed E-state index contributed by atoms with van der Waals surface area (Å²) in [6.07, 6.45) is 2.63. The van der Waals surface area contributed by atoms with E-state index in [0.29, 0.717) is 12.1 Å². The topological polar surface area (TPSA) is 98.5 Å². The van der Waals surface area contributed by atoms with Gasteiger partial charge < -0.3 is 10.1 Å². The lowest BCUT2D eigenvalue weighted by atomic mass is 10.0. The highest BCUT2D eigenvalue weighted by atomic mass is 16.6. The van der Waals surface area contributed by atoms with Crippen LogP contribution in [0.1, 0.15) is 24.0 Å². The molecule has 1 atom stereocenters. The van der Waals surface area contributed by atoms with Gasteiger partial charge in [0, 0.05) is 24.8 Å². The second kappa shape index (κ2) is 9.86. The van der Waals surface area contributed by atoms with Crippen molar-refractivity contribution in [3.05, 3.63) is 81.9 Å². The van der Waals surface area contributed by atoms with Crippen LogP contribution in [0, 0.1) is 10.1 Å². The minimum atomic E-state index is -0.667. The number of nitro groups is 1. The smallest absolute Gasteiger partial charge is 0.331 e. The lowest BCUT2D eigenvalue weighted by Crippen LogP contribution is -2.31. The molecule has 0 spiro atoms. The Hall–Kier alpha value is -3.48. The van der Waals surface area contributed by atoms with Gasteiger partial charge in [-0.25, -0.2) is 4.79 Å². The molecule has 0 fully saturated rings. The predicted molar refractivity (Wildman–Crippen MR) is 101 cm³/mol. The van der Waals surface area contributed by atoms with Gasteiger partial charge in [0.25, 0.3) is 11.6 Å². The van der Waals surface area contributed by atoms with E-state index in [1.54, 1.807) is 0 Å². The van der Waals surface area contributed by atoms with Gasteiger partial charge in [0.05, 0.1) is 4.92 Å². The Labute approximate surface area is 156 Å². The van der Waals surface area contributed by atoms with Crippen LogP contribution in [-0.4, -0.2) is 30.0 Å². The molecular weight excluding hydrogens is 348 g/mol. The van der Waals surface area contributed by atoms with Crippen LogP contribution < -0.4 is 5.32 Å². The van der Waals surface area contributed by atoms with Crippen LogP contribution in [0.25, 0.3) is 6.08 Å². The van der Waals surface area contributed by atoms with Crippen molar-refractivity contribution >= 4 is 23.6 Å². The van der Waals surface area contributed by atoms with Crippen LogP contribution in [0.4, 0.5) is 5.69 Å². The Morgan fingerprint density at radius 2 is 1.81 bits per heavy atom. The molecule has 0 unspecified atom stereocenters. The van der Waals surface area contributed by atoms with E-state index in [1.165, 1.54) is 36.4 Å². The first-order valence-electron chi connectivity index (χ1n) is 8.36. The summed E-state index contributed by atoms with van der Waals surface area (Å²) >= 11 is 0. The largest absolute Gasteiger partial charge is 0.452 e. The number of nitro benzene ring substituents is 1. The number of nitrogens with zero attached hydrogens (tertiary/aromatic N) is 1. The molecule has 0 aliphatic carbocycles. The molecule has 1 amide bonds. The van der Waals surface area contributed by atoms with Gasteiger partial charge >= 0.3 is 5.97 Å². The summed E-state index contributed by atoms with van der Waals surface area (Å²) in [6, 6.07) is 15.5. The number of carbonyl (C=O) groups excluding carboxylic acids is 2. The average Bonchev–Trinajstić information content (AvgIpc) is 2.69. The van der Waals surface area contributed by atoms with E-state index >= 15 is 0 Å². The summed E-state index contributed by atoms with van der Waals surface area (Å²) in [5.74, 6) is -0.901. The number of hydrogen-bond donors (Lipinski definition) is 1. The SMILES string of the molecule is C[C@@H](CNC(=O)COC(=O)/C=C/c1ccc([N+](=O)[O-])cc1)c1ccccc1. The Bertz CT molecular complexity index is 816. The number of non-ortho nitro benzene ring substituents is 1. The number of rotatable bonds is 8. The monoisotopic (exact) mass is 368 g/mol. The molecule has 2 rings (SSSR count). The van der Waals surface area contributed by atoms with Crippen LogP contribution in [0.2, 0.25) is 0 Å². The molecule has 0 aromatic heterocycles. The second-order valence-corrected chi connectivity index (χ2v) is 5.91. The third kappa shape index (κ3) is 6.74. The van der Waals surface area contributed by atoms with Gasteiger partial charge in [0.2, 0.25) is 0 Å². The maximum atomic E-state index is 11.8. The zero-order chi connectivity index (χ0) is 19.6. The van der Waals surface area contributed by atoms with E-state index in [1.807, 2.05) is 37.3 Å². The van der Waals surface area contributed by atoms with E-state index in [4.69, 9.17) is 4.74 Å². The van der Waals surface area contributed by atoms with Crippen molar-refractivity contribution in [3.8, 4) is 0 Å². The van der Waals surface area contributed by atoms with Crippen LogP contribution in [-0.2, 0) is 14.3 Å². The molecule has 2 aromatic rings. The number of hydrogen-bond acceptors (Lipinski definition) is 5. The fraction of sp³-hybridized carbons (Fsp3) is 0.200. The highest BCUT2D eigenvalue weighted by Crippen LogP contribution is 2.13. The van der Waals surface area contributed by atoms with E-state index in [9.17, 15) is 19.7 Å². The normalized spacial score (nSPS) is 11.7.